The molecule has 0 fully saturated rings. The van der Waals surface area contributed by atoms with Crippen molar-refractivity contribution in [1.82, 2.24) is 0 Å². The lowest BCUT2D eigenvalue weighted by atomic mass is 9.36. The largest absolute Gasteiger partial charge is 0.207 e. The van der Waals surface area contributed by atoms with E-state index in [-0.39, 0.29) is 0 Å². The van der Waals surface area contributed by atoms with Gasteiger partial charge in [0.05, 0.1) is 5.30 Å². The minimum Gasteiger partial charge on any atom is -0.207 e. The molecule has 3 rings (SSSR count). The molecular formula is C26H18BF14P-. The summed E-state index contributed by atoms with van der Waals surface area (Å²) >= 11 is 0. The minimum absolute atomic E-state index is 1.11. The molecular weight excluding hydrogens is 620 g/mol. The van der Waals surface area contributed by atoms with Gasteiger partial charge in [-0.1, -0.05) is 49.5 Å². The average molecular weight is 638 g/mol. The first-order valence-corrected chi connectivity index (χ1v) is 13.0. The molecule has 0 spiro atoms. The molecule has 229 valence electrons. The monoisotopic (exact) mass is 638 g/mol. The summed E-state index contributed by atoms with van der Waals surface area (Å²) in [7, 11) is -2.27. The van der Waals surface area contributed by atoms with E-state index < -0.39 is 128 Å². The second kappa shape index (κ2) is 11.0. The lowest BCUT2D eigenvalue weighted by molar-refractivity contribution is 0.382. The van der Waals surface area contributed by atoms with Gasteiger partial charge in [0.2, 0.25) is 0 Å². The van der Waals surface area contributed by atoms with Crippen LogP contribution >= 0.6 is 7.92 Å². The predicted octanol–water partition coefficient (Wildman–Crippen LogP) is 6.85. The zero-order chi connectivity index (χ0) is 32.5. The SMILES string of the molecule is CC(C)(C)P(c1c(F)c(F)c([B-](c2c(F)c(F)c(F)c(F)c2F)c2c(F)c(F)c(F)c(F)c2F)c(F)c1F)C(C)(C)C. The number of benzene rings is 3. The highest BCUT2D eigenvalue weighted by Gasteiger charge is 2.42. The Labute approximate surface area is 231 Å². The van der Waals surface area contributed by atoms with E-state index in [2.05, 4.69) is 0 Å². The van der Waals surface area contributed by atoms with Gasteiger partial charge in [-0.15, -0.1) is 0 Å². The van der Waals surface area contributed by atoms with Crippen LogP contribution in [0.4, 0.5) is 61.5 Å². The van der Waals surface area contributed by atoms with Crippen LogP contribution in [-0.2, 0) is 0 Å². The number of hydrogen-bond donors (Lipinski definition) is 0. The quantitative estimate of drug-likeness (QED) is 0.0965. The fraction of sp³-hybridized carbons (Fsp3) is 0.308. The van der Waals surface area contributed by atoms with Gasteiger partial charge in [0.1, 0.15) is 34.9 Å². The molecule has 16 heteroatoms. The fourth-order valence-electron chi connectivity index (χ4n) is 4.95. The Bertz CT molecular complexity index is 1440. The second-order valence-electron chi connectivity index (χ2n) is 11.1. The molecule has 0 aliphatic carbocycles. The molecule has 0 aliphatic heterocycles. The molecule has 3 aromatic carbocycles. The normalized spacial score (nSPS) is 12.7. The Morgan fingerprint density at radius 1 is 0.333 bits per heavy atom. The van der Waals surface area contributed by atoms with Gasteiger partial charge in [0.25, 0.3) is 0 Å². The summed E-state index contributed by atoms with van der Waals surface area (Å²) in [5.74, 6) is -39.2. The van der Waals surface area contributed by atoms with E-state index in [1.807, 2.05) is 0 Å². The maximum absolute atomic E-state index is 15.8. The van der Waals surface area contributed by atoms with Gasteiger partial charge in [-0.05, 0) is 17.0 Å². The molecule has 0 aliphatic rings. The van der Waals surface area contributed by atoms with Gasteiger partial charge in [0.15, 0.2) is 46.5 Å². The summed E-state index contributed by atoms with van der Waals surface area (Å²) in [5, 5.41) is -3.46. The van der Waals surface area contributed by atoms with Gasteiger partial charge in [-0.25, -0.2) is 61.5 Å². The van der Waals surface area contributed by atoms with Crippen LogP contribution in [0.5, 0.6) is 0 Å². The van der Waals surface area contributed by atoms with Gasteiger partial charge < -0.3 is 0 Å². The van der Waals surface area contributed by atoms with Crippen molar-refractivity contribution in [1.29, 1.82) is 0 Å². The molecule has 0 aromatic heterocycles. The van der Waals surface area contributed by atoms with Crippen molar-refractivity contribution in [3.8, 4) is 0 Å². The zero-order valence-electron chi connectivity index (χ0n) is 22.3. The third-order valence-corrected chi connectivity index (χ3v) is 9.72. The number of halogens is 14. The minimum atomic E-state index is -3.83. The fourth-order valence-corrected chi connectivity index (χ4v) is 8.89. The topological polar surface area (TPSA) is 0 Å². The van der Waals surface area contributed by atoms with Gasteiger partial charge in [-0.3, -0.25) is 0 Å². The second-order valence-corrected chi connectivity index (χ2v) is 14.9. The molecule has 0 amide bonds. The Balaban J connectivity index is 2.68. The van der Waals surface area contributed by atoms with Crippen molar-refractivity contribution in [2.75, 3.05) is 0 Å². The first-order valence-electron chi connectivity index (χ1n) is 11.7. The van der Waals surface area contributed by atoms with Crippen LogP contribution in [0.3, 0.4) is 0 Å². The Kier molecular flexibility index (Phi) is 8.84. The van der Waals surface area contributed by atoms with E-state index in [0.29, 0.717) is 0 Å². The van der Waals surface area contributed by atoms with E-state index in [1.165, 1.54) is 41.5 Å². The summed E-state index contributed by atoms with van der Waals surface area (Å²) in [6.45, 7) is 4.83. The van der Waals surface area contributed by atoms with Crippen molar-refractivity contribution in [3.63, 3.8) is 0 Å². The highest BCUT2D eigenvalue weighted by Crippen LogP contribution is 2.59. The molecule has 3 aromatic rings. The average Bonchev–Trinajstić information content (AvgIpc) is 2.88. The van der Waals surface area contributed by atoms with E-state index in [9.17, 15) is 43.9 Å². The van der Waals surface area contributed by atoms with Crippen LogP contribution in [0, 0.1) is 81.4 Å². The van der Waals surface area contributed by atoms with E-state index in [0.717, 1.165) is 0 Å². The van der Waals surface area contributed by atoms with Gasteiger partial charge in [-0.2, -0.15) is 16.4 Å². The number of rotatable bonds is 4. The first kappa shape index (κ1) is 33.7. The van der Waals surface area contributed by atoms with E-state index >= 15 is 17.6 Å². The maximum Gasteiger partial charge on any atom is 0.200 e. The highest BCUT2D eigenvalue weighted by atomic mass is 31.1. The third kappa shape index (κ3) is 5.15. The Hall–Kier alpha value is -2.83. The van der Waals surface area contributed by atoms with Crippen molar-refractivity contribution in [2.24, 2.45) is 0 Å². The molecule has 0 unspecified atom stereocenters. The van der Waals surface area contributed by atoms with Gasteiger partial charge in [0, 0.05) is 0 Å². The van der Waals surface area contributed by atoms with Crippen molar-refractivity contribution in [2.45, 2.75) is 51.9 Å². The van der Waals surface area contributed by atoms with Crippen molar-refractivity contribution >= 4 is 36.3 Å². The summed E-state index contributed by atoms with van der Waals surface area (Å²) in [5.41, 5.74) is -7.52. The molecule has 42 heavy (non-hydrogen) atoms. The number of hydrogen-bond acceptors (Lipinski definition) is 0. The zero-order valence-corrected chi connectivity index (χ0v) is 23.2. The lowest BCUT2D eigenvalue weighted by Gasteiger charge is -2.42. The Morgan fingerprint density at radius 2 is 0.524 bits per heavy atom. The molecule has 0 nitrogen and oxygen atoms in total. The summed E-state index contributed by atoms with van der Waals surface area (Å²) in [6, 6.07) is 0. The van der Waals surface area contributed by atoms with Gasteiger partial charge >= 0.3 is 0 Å². The van der Waals surface area contributed by atoms with Crippen LogP contribution < -0.4 is 21.7 Å². The van der Waals surface area contributed by atoms with E-state index in [1.54, 1.807) is 0 Å². The van der Waals surface area contributed by atoms with Crippen LogP contribution in [0.1, 0.15) is 41.5 Å². The molecule has 0 atom stereocenters. The Morgan fingerprint density at radius 3 is 0.738 bits per heavy atom. The van der Waals surface area contributed by atoms with Crippen LogP contribution in [-0.4, -0.2) is 17.0 Å². The molecule has 0 saturated heterocycles. The van der Waals surface area contributed by atoms with E-state index in [4.69, 9.17) is 0 Å². The summed E-state index contributed by atoms with van der Waals surface area (Å²) in [6.07, 6.45) is 0. The molecule has 0 saturated carbocycles. The summed E-state index contributed by atoms with van der Waals surface area (Å²) in [4.78, 5) is 0. The first-order chi connectivity index (χ1) is 19.0. The highest BCUT2D eigenvalue weighted by molar-refractivity contribution is 7.68. The predicted molar refractivity (Wildman–Crippen MR) is 129 cm³/mol. The third-order valence-electron chi connectivity index (χ3n) is 6.19. The van der Waals surface area contributed by atoms with Crippen molar-refractivity contribution < 1.29 is 61.5 Å². The van der Waals surface area contributed by atoms with Crippen LogP contribution in [0.25, 0.3) is 0 Å². The lowest BCUT2D eigenvalue weighted by Crippen LogP contribution is -2.61. The molecule has 0 heterocycles. The van der Waals surface area contributed by atoms with Crippen LogP contribution in [0.2, 0.25) is 0 Å². The standard InChI is InChI=1S/C26H18BF14P/c1-25(2,3)42(26(4,5)6)24-22(40)14(32)9(15(33)23(24)41)27(7-10(28)16(34)20(38)17(35)11(7)29)8-12(30)18(36)21(39)19(37)13(8)31/h1-6H3/q-1. The summed E-state index contributed by atoms with van der Waals surface area (Å²) < 4.78 is 206. The maximum atomic E-state index is 15.8. The molecule has 0 bridgehead atoms. The molecule has 0 N–H and O–H groups in total. The van der Waals surface area contributed by atoms with Crippen LogP contribution in [0.15, 0.2) is 0 Å². The smallest absolute Gasteiger partial charge is 0.200 e. The van der Waals surface area contributed by atoms with Crippen molar-refractivity contribution in [3.05, 3.63) is 81.4 Å². The molecule has 1 radical (unpaired) electrons.